The van der Waals surface area contributed by atoms with Gasteiger partial charge in [-0.05, 0) is 36.5 Å². The van der Waals surface area contributed by atoms with Crippen molar-refractivity contribution >= 4 is 62.8 Å². The number of hydrogen-bond donors (Lipinski definition) is 1. The second kappa shape index (κ2) is 7.70. The van der Waals surface area contributed by atoms with Crippen LogP contribution in [0, 0.1) is 17.8 Å². The molecule has 2 heterocycles. The van der Waals surface area contributed by atoms with Crippen LogP contribution in [0.4, 0.5) is 0 Å². The molecule has 0 bridgehead atoms. The number of amides is 4. The highest BCUT2D eigenvalue weighted by atomic mass is 79.9. The molecule has 4 aliphatic rings. The van der Waals surface area contributed by atoms with Crippen LogP contribution in [0.2, 0.25) is 0 Å². The molecule has 2 aliphatic heterocycles. The summed E-state index contributed by atoms with van der Waals surface area (Å²) in [5.74, 6) is -4.54. The average Bonchev–Trinajstić information content (AvgIpc) is 3.12. The van der Waals surface area contributed by atoms with Gasteiger partial charge < -0.3 is 9.84 Å². The minimum Gasteiger partial charge on any atom is -0.504 e. The van der Waals surface area contributed by atoms with Crippen LogP contribution in [-0.2, 0) is 19.2 Å². The molecule has 11 heteroatoms. The van der Waals surface area contributed by atoms with Gasteiger partial charge in [0.05, 0.1) is 24.4 Å². The van der Waals surface area contributed by atoms with Gasteiger partial charge in [-0.15, -0.1) is 23.2 Å². The first-order valence-corrected chi connectivity index (χ1v) is 12.6. The number of carbonyl (C=O) groups excluding carboxylic acids is 4. The average molecular weight is 572 g/mol. The van der Waals surface area contributed by atoms with E-state index >= 15 is 0 Å². The van der Waals surface area contributed by atoms with E-state index in [0.29, 0.717) is 17.6 Å². The zero-order valence-corrected chi connectivity index (χ0v) is 21.4. The van der Waals surface area contributed by atoms with E-state index in [-0.39, 0.29) is 35.2 Å². The molecule has 1 N–H and O–H groups in total. The highest BCUT2D eigenvalue weighted by Crippen LogP contribution is 2.65. The summed E-state index contributed by atoms with van der Waals surface area (Å²) >= 11 is 17.4. The van der Waals surface area contributed by atoms with Gasteiger partial charge in [0.25, 0.3) is 11.8 Å². The van der Waals surface area contributed by atoms with Crippen molar-refractivity contribution in [2.45, 2.75) is 28.5 Å². The van der Waals surface area contributed by atoms with Gasteiger partial charge in [-0.3, -0.25) is 29.0 Å². The summed E-state index contributed by atoms with van der Waals surface area (Å²) in [6, 6.07) is 4.57. The van der Waals surface area contributed by atoms with Crippen LogP contribution in [0.5, 0.6) is 11.5 Å². The summed E-state index contributed by atoms with van der Waals surface area (Å²) in [4.78, 5) is 51.3. The molecule has 4 amide bonds. The molecule has 180 valence electrons. The van der Waals surface area contributed by atoms with E-state index in [9.17, 15) is 24.3 Å². The fraction of sp³-hybridized carbons (Fsp3) is 0.478. The molecular formula is C23H21BrCl2N2O6. The Hall–Kier alpha value is -2.10. The number of nitrogens with zero attached hydrogens (tertiary/aromatic N) is 2. The Labute approximate surface area is 213 Å². The largest absolute Gasteiger partial charge is 0.504 e. The number of carbonyl (C=O) groups is 4. The van der Waals surface area contributed by atoms with E-state index in [0.717, 1.165) is 9.80 Å². The fourth-order valence-electron chi connectivity index (χ4n) is 6.16. The smallest absolute Gasteiger partial charge is 0.254 e. The predicted molar refractivity (Wildman–Crippen MR) is 126 cm³/mol. The van der Waals surface area contributed by atoms with Crippen molar-refractivity contribution in [2.75, 3.05) is 19.6 Å². The number of aromatic hydroxyl groups is 1. The molecular weight excluding hydrogens is 551 g/mol. The lowest BCUT2D eigenvalue weighted by molar-refractivity contribution is -0.140. The molecule has 0 radical (unpaired) electrons. The summed E-state index contributed by atoms with van der Waals surface area (Å²) in [6.45, 7) is 0. The van der Waals surface area contributed by atoms with E-state index in [2.05, 4.69) is 15.9 Å². The van der Waals surface area contributed by atoms with Crippen molar-refractivity contribution in [1.82, 2.24) is 9.80 Å². The molecule has 8 nitrogen and oxygen atoms in total. The minimum atomic E-state index is -1.88. The summed E-state index contributed by atoms with van der Waals surface area (Å²) in [6.07, 6.45) is 2.11. The second-order valence-electron chi connectivity index (χ2n) is 9.15. The fourth-order valence-corrected chi connectivity index (χ4v) is 7.58. The number of hydrogen-bond acceptors (Lipinski definition) is 6. The number of methoxy groups -OCH3 is 1. The monoisotopic (exact) mass is 570 g/mol. The number of rotatable bonds is 3. The number of ether oxygens (including phenoxy) is 1. The van der Waals surface area contributed by atoms with Gasteiger partial charge in [0.1, 0.15) is 0 Å². The number of allylic oxidation sites excluding steroid dienone is 2. The molecule has 34 heavy (non-hydrogen) atoms. The maximum atomic E-state index is 13.6. The Bertz CT molecular complexity index is 1190. The molecule has 2 aliphatic carbocycles. The van der Waals surface area contributed by atoms with Crippen LogP contribution >= 0.6 is 39.1 Å². The Morgan fingerprint density at radius 1 is 1.15 bits per heavy atom. The Morgan fingerprint density at radius 2 is 1.85 bits per heavy atom. The van der Waals surface area contributed by atoms with Crippen molar-refractivity contribution in [3.8, 4) is 11.5 Å². The van der Waals surface area contributed by atoms with E-state index in [1.165, 1.54) is 20.2 Å². The number of fused-ring (bicyclic) bond motifs is 4. The number of alkyl halides is 3. The number of likely N-dealkylation sites (tertiary alicyclic amines) is 2. The Balaban J connectivity index is 1.76. The van der Waals surface area contributed by atoms with Gasteiger partial charge >= 0.3 is 0 Å². The maximum Gasteiger partial charge on any atom is 0.254 e. The molecule has 6 atom stereocenters. The third-order valence-electron chi connectivity index (χ3n) is 7.77. The van der Waals surface area contributed by atoms with Gasteiger partial charge in [0, 0.05) is 13.0 Å². The molecule has 1 saturated carbocycles. The van der Waals surface area contributed by atoms with Crippen molar-refractivity contribution in [3.05, 3.63) is 35.4 Å². The van der Waals surface area contributed by atoms with Crippen LogP contribution in [0.15, 0.2) is 29.8 Å². The third-order valence-corrected chi connectivity index (χ3v) is 9.69. The molecule has 2 saturated heterocycles. The molecule has 3 fully saturated rings. The van der Waals surface area contributed by atoms with Crippen molar-refractivity contribution < 1.29 is 29.0 Å². The molecule has 1 aromatic rings. The number of phenols is 1. The van der Waals surface area contributed by atoms with Gasteiger partial charge in [0.15, 0.2) is 21.2 Å². The van der Waals surface area contributed by atoms with Crippen molar-refractivity contribution in [1.29, 1.82) is 0 Å². The number of phenolic OH excluding ortho intramolecular Hbond substituents is 1. The topological polar surface area (TPSA) is 104 Å². The lowest BCUT2D eigenvalue weighted by atomic mass is 9.56. The predicted octanol–water partition coefficient (Wildman–Crippen LogP) is 2.74. The third kappa shape index (κ3) is 2.72. The van der Waals surface area contributed by atoms with E-state index in [4.69, 9.17) is 27.9 Å². The first-order valence-electron chi connectivity index (χ1n) is 10.7. The van der Waals surface area contributed by atoms with Crippen LogP contribution < -0.4 is 4.74 Å². The molecule has 6 unspecified atom stereocenters. The number of halogens is 3. The first-order chi connectivity index (χ1) is 16.0. The molecule has 0 spiro atoms. The lowest BCUT2D eigenvalue weighted by Gasteiger charge is -2.50. The standard InChI is InChI=1S/C23H21BrCl2N2O6/c1-27-18(30)12-5-4-11-13(16(12)19(27)31)8-22(25)20(32)28(9-24)21(33)23(22,26)17(11)10-3-6-14(29)15(7-10)34-2/h3-4,6-7,12-13,16-17,29H,5,8-9H2,1-2H3. The van der Waals surface area contributed by atoms with Crippen LogP contribution in [0.1, 0.15) is 24.3 Å². The first kappa shape index (κ1) is 23.6. The number of benzene rings is 1. The van der Waals surface area contributed by atoms with Crippen molar-refractivity contribution in [2.24, 2.45) is 17.8 Å². The summed E-state index contributed by atoms with van der Waals surface area (Å²) in [5, 5.41) is 10.1. The summed E-state index contributed by atoms with van der Waals surface area (Å²) in [7, 11) is 2.84. The Morgan fingerprint density at radius 3 is 2.50 bits per heavy atom. The quantitative estimate of drug-likeness (QED) is 0.259. The van der Waals surface area contributed by atoms with Gasteiger partial charge in [-0.2, -0.15) is 0 Å². The molecule has 0 aromatic heterocycles. The van der Waals surface area contributed by atoms with E-state index in [1.54, 1.807) is 12.1 Å². The van der Waals surface area contributed by atoms with E-state index in [1.807, 2.05) is 6.08 Å². The van der Waals surface area contributed by atoms with Gasteiger partial charge in [0.2, 0.25) is 11.8 Å². The van der Waals surface area contributed by atoms with Crippen LogP contribution in [-0.4, -0.2) is 67.9 Å². The number of imide groups is 2. The highest BCUT2D eigenvalue weighted by molar-refractivity contribution is 9.09. The second-order valence-corrected chi connectivity index (χ2v) is 10.9. The minimum absolute atomic E-state index is 0.0578. The van der Waals surface area contributed by atoms with Crippen LogP contribution in [0.3, 0.4) is 0 Å². The van der Waals surface area contributed by atoms with Crippen molar-refractivity contribution in [3.63, 3.8) is 0 Å². The van der Waals surface area contributed by atoms with E-state index < -0.39 is 45.2 Å². The normalized spacial score (nSPS) is 36.9. The zero-order chi connectivity index (χ0) is 24.7. The SMILES string of the molecule is COc1cc(C2C3=CCC4C(=O)N(C)C(=O)C4C3CC3(Cl)C(=O)N(CBr)C(=O)C23Cl)ccc1O. The zero-order valence-electron chi connectivity index (χ0n) is 18.3. The summed E-state index contributed by atoms with van der Waals surface area (Å²) < 4.78 is 5.27. The Kier molecular flexibility index (Phi) is 5.35. The highest BCUT2D eigenvalue weighted by Gasteiger charge is 2.76. The van der Waals surface area contributed by atoms with Crippen LogP contribution in [0.25, 0.3) is 0 Å². The summed E-state index contributed by atoms with van der Waals surface area (Å²) in [5.41, 5.74) is 1.11. The van der Waals surface area contributed by atoms with Gasteiger partial charge in [-0.1, -0.05) is 33.6 Å². The molecule has 5 rings (SSSR count). The maximum absolute atomic E-state index is 13.6. The van der Waals surface area contributed by atoms with Gasteiger partial charge in [-0.25, -0.2) is 0 Å². The molecule has 1 aromatic carbocycles. The lowest BCUT2D eigenvalue weighted by Crippen LogP contribution is -2.60.